The first-order chi connectivity index (χ1) is 14.0. The highest BCUT2D eigenvalue weighted by Gasteiger charge is 2.57. The van der Waals surface area contributed by atoms with E-state index in [2.05, 4.69) is 24.3 Å². The minimum atomic E-state index is -0.742. The largest absolute Gasteiger partial charge is 0.299 e. The second-order valence-corrected chi connectivity index (χ2v) is 8.36. The molecular formula is C27H26O2. The Bertz CT molecular complexity index is 994. The Morgan fingerprint density at radius 1 is 0.793 bits per heavy atom. The van der Waals surface area contributed by atoms with Gasteiger partial charge in [-0.2, -0.15) is 0 Å². The number of carbonyl (C=O) groups excluding carboxylic acids is 2. The molecule has 3 aromatic rings. The molecule has 4 rings (SSSR count). The quantitative estimate of drug-likeness (QED) is 0.503. The zero-order valence-corrected chi connectivity index (χ0v) is 16.9. The van der Waals surface area contributed by atoms with Crippen LogP contribution in [0, 0.1) is 11.3 Å². The molecule has 1 aliphatic rings. The number of carbonyl (C=O) groups is 2. The van der Waals surface area contributed by atoms with E-state index >= 15 is 0 Å². The predicted molar refractivity (Wildman–Crippen MR) is 116 cm³/mol. The Hall–Kier alpha value is -3.00. The van der Waals surface area contributed by atoms with Crippen LogP contribution in [0.15, 0.2) is 91.0 Å². The molecule has 2 nitrogen and oxygen atoms in total. The Kier molecular flexibility index (Phi) is 5.19. The number of Topliss-reactive ketones (excluding diaryl/α,β-unsaturated/α-hetero) is 2. The second kappa shape index (κ2) is 7.79. The van der Waals surface area contributed by atoms with E-state index < -0.39 is 5.41 Å². The summed E-state index contributed by atoms with van der Waals surface area (Å²) in [5.41, 5.74) is 2.22. The van der Waals surface area contributed by atoms with Gasteiger partial charge in [0.25, 0.3) is 0 Å². The van der Waals surface area contributed by atoms with Crippen molar-refractivity contribution < 1.29 is 9.59 Å². The second-order valence-electron chi connectivity index (χ2n) is 8.36. The maximum atomic E-state index is 13.6. The molecule has 0 bridgehead atoms. The first-order valence-electron chi connectivity index (χ1n) is 10.2. The van der Waals surface area contributed by atoms with Crippen LogP contribution in [-0.2, 0) is 4.79 Å². The van der Waals surface area contributed by atoms with Crippen LogP contribution in [0.5, 0.6) is 0 Å². The standard InChI is InChI=1S/C27H26O2/c1-19-24(21-14-8-4-9-15-21)25(22-16-10-5-11-17-22)27(2,26(19)29)18-23(28)20-12-6-3-7-13-20/h3-17,19,24-25H,18H2,1-2H3/t19-,24+,25+,27-/m1/s1. The topological polar surface area (TPSA) is 34.1 Å². The average molecular weight is 383 g/mol. The van der Waals surface area contributed by atoms with E-state index in [-0.39, 0.29) is 35.7 Å². The molecule has 0 aliphatic heterocycles. The van der Waals surface area contributed by atoms with E-state index in [9.17, 15) is 9.59 Å². The first-order valence-corrected chi connectivity index (χ1v) is 10.2. The molecule has 0 saturated heterocycles. The SMILES string of the molecule is C[C@H]1C(=O)[C@](C)(CC(=O)c2ccccc2)[C@@H](c2ccccc2)[C@@H]1c1ccccc1. The van der Waals surface area contributed by atoms with Gasteiger partial charge in [-0.15, -0.1) is 0 Å². The summed E-state index contributed by atoms with van der Waals surface area (Å²) in [6.07, 6.45) is 0.225. The molecule has 2 heteroatoms. The van der Waals surface area contributed by atoms with E-state index in [4.69, 9.17) is 0 Å². The van der Waals surface area contributed by atoms with Crippen LogP contribution < -0.4 is 0 Å². The maximum Gasteiger partial charge on any atom is 0.163 e. The maximum absolute atomic E-state index is 13.6. The van der Waals surface area contributed by atoms with Gasteiger partial charge in [0.2, 0.25) is 0 Å². The molecule has 0 spiro atoms. The van der Waals surface area contributed by atoms with Gasteiger partial charge in [0.1, 0.15) is 5.78 Å². The molecule has 146 valence electrons. The van der Waals surface area contributed by atoms with Crippen LogP contribution in [0.1, 0.15) is 53.6 Å². The number of hydrogen-bond donors (Lipinski definition) is 0. The number of ketones is 2. The number of hydrogen-bond acceptors (Lipinski definition) is 2. The third kappa shape index (κ3) is 3.44. The van der Waals surface area contributed by atoms with Gasteiger partial charge in [-0.05, 0) is 11.1 Å². The third-order valence-electron chi connectivity index (χ3n) is 6.53. The Morgan fingerprint density at radius 2 is 1.28 bits per heavy atom. The van der Waals surface area contributed by atoms with E-state index in [1.165, 1.54) is 0 Å². The van der Waals surface area contributed by atoms with Gasteiger partial charge in [-0.25, -0.2) is 0 Å². The summed E-state index contributed by atoms with van der Waals surface area (Å²) in [5.74, 6) is 0.0879. The summed E-state index contributed by atoms with van der Waals surface area (Å²) >= 11 is 0. The molecule has 0 amide bonds. The normalized spacial score (nSPS) is 26.4. The van der Waals surface area contributed by atoms with Crippen molar-refractivity contribution in [2.45, 2.75) is 32.1 Å². The molecule has 0 aromatic heterocycles. The molecule has 0 radical (unpaired) electrons. The lowest BCUT2D eigenvalue weighted by Crippen LogP contribution is -2.32. The zero-order chi connectivity index (χ0) is 20.4. The minimum absolute atomic E-state index is 0.0308. The van der Waals surface area contributed by atoms with Crippen molar-refractivity contribution in [1.29, 1.82) is 0 Å². The lowest BCUT2D eigenvalue weighted by molar-refractivity contribution is -0.128. The number of rotatable bonds is 5. The lowest BCUT2D eigenvalue weighted by Gasteiger charge is -2.33. The molecule has 0 unspecified atom stereocenters. The molecule has 0 N–H and O–H groups in total. The summed E-state index contributed by atoms with van der Waals surface area (Å²) in [6.45, 7) is 4.02. The van der Waals surface area contributed by atoms with Crippen molar-refractivity contribution in [3.8, 4) is 0 Å². The molecule has 3 aromatic carbocycles. The average Bonchev–Trinajstić information content (AvgIpc) is 2.96. The summed E-state index contributed by atoms with van der Waals surface area (Å²) < 4.78 is 0. The van der Waals surface area contributed by atoms with Crippen LogP contribution in [0.2, 0.25) is 0 Å². The Morgan fingerprint density at radius 3 is 1.83 bits per heavy atom. The van der Waals surface area contributed by atoms with Crippen molar-refractivity contribution in [2.24, 2.45) is 11.3 Å². The highest BCUT2D eigenvalue weighted by molar-refractivity contribution is 6.02. The lowest BCUT2D eigenvalue weighted by atomic mass is 9.68. The van der Waals surface area contributed by atoms with Crippen molar-refractivity contribution in [3.63, 3.8) is 0 Å². The van der Waals surface area contributed by atoms with Crippen molar-refractivity contribution in [3.05, 3.63) is 108 Å². The van der Waals surface area contributed by atoms with Gasteiger partial charge >= 0.3 is 0 Å². The van der Waals surface area contributed by atoms with Gasteiger partial charge < -0.3 is 0 Å². The molecule has 29 heavy (non-hydrogen) atoms. The Balaban J connectivity index is 1.80. The third-order valence-corrected chi connectivity index (χ3v) is 6.53. The van der Waals surface area contributed by atoms with Crippen LogP contribution >= 0.6 is 0 Å². The zero-order valence-electron chi connectivity index (χ0n) is 16.9. The first kappa shape index (κ1) is 19.3. The summed E-state index contributed by atoms with van der Waals surface area (Å²) in [7, 11) is 0. The van der Waals surface area contributed by atoms with Crippen LogP contribution in [0.4, 0.5) is 0 Å². The molecular weight excluding hydrogens is 356 g/mol. The summed E-state index contributed by atoms with van der Waals surface area (Å²) in [6, 6.07) is 29.8. The van der Waals surface area contributed by atoms with Gasteiger partial charge in [0, 0.05) is 35.2 Å². The fraction of sp³-hybridized carbons (Fsp3) is 0.259. The summed E-state index contributed by atoms with van der Waals surface area (Å²) in [4.78, 5) is 26.7. The van der Waals surface area contributed by atoms with Gasteiger partial charge in [0.15, 0.2) is 5.78 Å². The van der Waals surface area contributed by atoms with E-state index in [0.29, 0.717) is 5.56 Å². The predicted octanol–water partition coefficient (Wildman–Crippen LogP) is 6.05. The molecule has 1 fully saturated rings. The van der Waals surface area contributed by atoms with Crippen molar-refractivity contribution in [2.75, 3.05) is 0 Å². The molecule has 0 heterocycles. The van der Waals surface area contributed by atoms with Crippen molar-refractivity contribution in [1.82, 2.24) is 0 Å². The fourth-order valence-corrected chi connectivity index (χ4v) is 5.17. The Labute approximate surface area is 172 Å². The van der Waals surface area contributed by atoms with Gasteiger partial charge in [0.05, 0.1) is 0 Å². The van der Waals surface area contributed by atoms with Crippen LogP contribution in [-0.4, -0.2) is 11.6 Å². The highest BCUT2D eigenvalue weighted by Crippen LogP contribution is 2.59. The van der Waals surface area contributed by atoms with Crippen molar-refractivity contribution >= 4 is 11.6 Å². The monoisotopic (exact) mass is 382 g/mol. The van der Waals surface area contributed by atoms with Gasteiger partial charge in [-0.1, -0.05) is 105 Å². The fourth-order valence-electron chi connectivity index (χ4n) is 5.17. The number of benzene rings is 3. The highest BCUT2D eigenvalue weighted by atomic mass is 16.1. The summed E-state index contributed by atoms with van der Waals surface area (Å²) in [5, 5.41) is 0. The van der Waals surface area contributed by atoms with E-state index in [1.54, 1.807) is 0 Å². The minimum Gasteiger partial charge on any atom is -0.299 e. The molecule has 1 aliphatic carbocycles. The smallest absolute Gasteiger partial charge is 0.163 e. The molecule has 4 atom stereocenters. The van der Waals surface area contributed by atoms with Crippen LogP contribution in [0.25, 0.3) is 0 Å². The molecule has 1 saturated carbocycles. The van der Waals surface area contributed by atoms with E-state index in [0.717, 1.165) is 11.1 Å². The van der Waals surface area contributed by atoms with Gasteiger partial charge in [-0.3, -0.25) is 9.59 Å². The van der Waals surface area contributed by atoms with Crippen LogP contribution in [0.3, 0.4) is 0 Å². The van der Waals surface area contributed by atoms with E-state index in [1.807, 2.05) is 80.6 Å².